The molecule has 0 aliphatic rings. The second-order valence-corrected chi connectivity index (χ2v) is 5.35. The summed E-state index contributed by atoms with van der Waals surface area (Å²) in [6.07, 6.45) is 4.16. The van der Waals surface area contributed by atoms with Crippen LogP contribution in [0, 0.1) is 5.92 Å². The molecule has 2 heterocycles. The molecule has 0 aliphatic heterocycles. The van der Waals surface area contributed by atoms with Gasteiger partial charge in [0.2, 0.25) is 0 Å². The van der Waals surface area contributed by atoms with E-state index in [1.54, 1.807) is 24.5 Å². The van der Waals surface area contributed by atoms with Crippen LogP contribution < -0.4 is 11.1 Å². The Kier molecular flexibility index (Phi) is 5.05. The zero-order valence-electron chi connectivity index (χ0n) is 12.2. The third-order valence-electron chi connectivity index (χ3n) is 3.06. The van der Waals surface area contributed by atoms with E-state index in [1.165, 1.54) is 0 Å². The molecule has 1 amide bonds. The number of nitrogens with two attached hydrogens (primary N) is 1. The van der Waals surface area contributed by atoms with Crippen LogP contribution in [0.2, 0.25) is 0 Å². The van der Waals surface area contributed by atoms with Gasteiger partial charge in [0, 0.05) is 36.6 Å². The predicted octanol–water partition coefficient (Wildman–Crippen LogP) is 1.84. The molecule has 112 valence electrons. The first-order valence-electron chi connectivity index (χ1n) is 6.98. The summed E-state index contributed by atoms with van der Waals surface area (Å²) in [4.78, 5) is 16.1. The molecule has 3 N–H and O–H groups in total. The smallest absolute Gasteiger partial charge is 0.273 e. The number of nitrogens with one attached hydrogen (secondary N) is 1. The summed E-state index contributed by atoms with van der Waals surface area (Å²) in [6.45, 7) is 4.58. The van der Waals surface area contributed by atoms with Crippen molar-refractivity contribution in [3.8, 4) is 11.3 Å². The monoisotopic (exact) mass is 288 g/mol. The number of carbonyl (C=O) groups is 1. The highest BCUT2D eigenvalue weighted by molar-refractivity contribution is 5.93. The average Bonchev–Trinajstić information content (AvgIpc) is 2.97. The lowest BCUT2D eigenvalue weighted by molar-refractivity contribution is 0.0924. The molecule has 1 atom stereocenters. The van der Waals surface area contributed by atoms with E-state index in [1.807, 2.05) is 6.07 Å². The highest BCUT2D eigenvalue weighted by Crippen LogP contribution is 2.18. The van der Waals surface area contributed by atoms with Crippen LogP contribution in [-0.4, -0.2) is 28.6 Å². The number of aromatic nitrogens is 2. The van der Waals surface area contributed by atoms with Crippen LogP contribution in [0.15, 0.2) is 35.1 Å². The largest absolute Gasteiger partial charge is 0.355 e. The maximum atomic E-state index is 12.1. The standard InChI is InChI=1S/C15H20N4O2/c1-10(2)6-12(8-16)18-15(20)13-7-14(21-19-13)11-4-3-5-17-9-11/h3-5,7,9-10,12H,6,8,16H2,1-2H3,(H,18,20). The van der Waals surface area contributed by atoms with Crippen molar-refractivity contribution in [2.75, 3.05) is 6.54 Å². The molecular formula is C15H20N4O2. The molecule has 0 radical (unpaired) electrons. The normalized spacial score (nSPS) is 12.4. The number of carbonyl (C=O) groups excluding carboxylic acids is 1. The summed E-state index contributed by atoms with van der Waals surface area (Å²) in [7, 11) is 0. The number of hydrogen-bond donors (Lipinski definition) is 2. The van der Waals surface area contributed by atoms with E-state index < -0.39 is 0 Å². The number of nitrogens with zero attached hydrogens (tertiary/aromatic N) is 2. The Balaban J connectivity index is 2.05. The van der Waals surface area contributed by atoms with Crippen molar-refractivity contribution in [1.29, 1.82) is 0 Å². The Morgan fingerprint density at radius 1 is 1.48 bits per heavy atom. The van der Waals surface area contributed by atoms with Crippen molar-refractivity contribution >= 4 is 5.91 Å². The van der Waals surface area contributed by atoms with Gasteiger partial charge in [0.15, 0.2) is 11.5 Å². The molecule has 0 fully saturated rings. The lowest BCUT2D eigenvalue weighted by Crippen LogP contribution is -2.41. The van der Waals surface area contributed by atoms with Crippen molar-refractivity contribution in [2.24, 2.45) is 11.7 Å². The first-order valence-corrected chi connectivity index (χ1v) is 6.98. The quantitative estimate of drug-likeness (QED) is 0.845. The second-order valence-electron chi connectivity index (χ2n) is 5.35. The zero-order valence-corrected chi connectivity index (χ0v) is 12.2. The fourth-order valence-electron chi connectivity index (χ4n) is 2.07. The molecule has 0 saturated carbocycles. The molecular weight excluding hydrogens is 268 g/mol. The molecule has 0 bridgehead atoms. The van der Waals surface area contributed by atoms with Crippen LogP contribution in [0.4, 0.5) is 0 Å². The first kappa shape index (κ1) is 15.2. The number of hydrogen-bond acceptors (Lipinski definition) is 5. The molecule has 2 rings (SSSR count). The number of pyridine rings is 1. The van der Waals surface area contributed by atoms with Crippen LogP contribution in [0.3, 0.4) is 0 Å². The highest BCUT2D eigenvalue weighted by atomic mass is 16.5. The third-order valence-corrected chi connectivity index (χ3v) is 3.06. The van der Waals surface area contributed by atoms with Crippen LogP contribution in [0.5, 0.6) is 0 Å². The lowest BCUT2D eigenvalue weighted by Gasteiger charge is -2.17. The summed E-state index contributed by atoms with van der Waals surface area (Å²) in [5, 5.41) is 6.68. The predicted molar refractivity (Wildman–Crippen MR) is 79.5 cm³/mol. The summed E-state index contributed by atoms with van der Waals surface area (Å²) >= 11 is 0. The van der Waals surface area contributed by atoms with Crippen molar-refractivity contribution in [1.82, 2.24) is 15.5 Å². The maximum absolute atomic E-state index is 12.1. The number of rotatable bonds is 6. The van der Waals surface area contributed by atoms with Crippen LogP contribution in [-0.2, 0) is 0 Å². The van der Waals surface area contributed by atoms with E-state index in [0.29, 0.717) is 18.2 Å². The lowest BCUT2D eigenvalue weighted by atomic mass is 10.0. The Labute approximate surface area is 123 Å². The Morgan fingerprint density at radius 2 is 2.29 bits per heavy atom. The third kappa shape index (κ3) is 4.13. The first-order chi connectivity index (χ1) is 10.1. The van der Waals surface area contributed by atoms with Gasteiger partial charge in [-0.2, -0.15) is 0 Å². The molecule has 0 aliphatic carbocycles. The fraction of sp³-hybridized carbons (Fsp3) is 0.400. The van der Waals surface area contributed by atoms with E-state index in [9.17, 15) is 4.79 Å². The van der Waals surface area contributed by atoms with Crippen LogP contribution in [0.25, 0.3) is 11.3 Å². The van der Waals surface area contributed by atoms with Gasteiger partial charge in [0.05, 0.1) is 0 Å². The second kappa shape index (κ2) is 6.99. The van der Waals surface area contributed by atoms with Crippen LogP contribution in [0.1, 0.15) is 30.8 Å². The van der Waals surface area contributed by atoms with Gasteiger partial charge in [-0.1, -0.05) is 19.0 Å². The van der Waals surface area contributed by atoms with E-state index in [2.05, 4.69) is 29.3 Å². The minimum atomic E-state index is -0.273. The van der Waals surface area contributed by atoms with Crippen molar-refractivity contribution < 1.29 is 9.32 Å². The summed E-state index contributed by atoms with van der Waals surface area (Å²) in [5.74, 6) is 0.702. The molecule has 2 aromatic heterocycles. The Hall–Kier alpha value is -2.21. The molecule has 0 spiro atoms. The molecule has 1 unspecified atom stereocenters. The molecule has 6 nitrogen and oxygen atoms in total. The molecule has 2 aromatic rings. The van der Waals surface area contributed by atoms with E-state index in [-0.39, 0.29) is 17.6 Å². The van der Waals surface area contributed by atoms with Gasteiger partial charge in [-0.05, 0) is 24.5 Å². The van der Waals surface area contributed by atoms with Gasteiger partial charge >= 0.3 is 0 Å². The van der Waals surface area contributed by atoms with Gasteiger partial charge in [-0.3, -0.25) is 9.78 Å². The van der Waals surface area contributed by atoms with E-state index >= 15 is 0 Å². The average molecular weight is 288 g/mol. The molecule has 0 saturated heterocycles. The van der Waals surface area contributed by atoms with Gasteiger partial charge in [0.1, 0.15) is 0 Å². The van der Waals surface area contributed by atoms with E-state index in [4.69, 9.17) is 10.3 Å². The summed E-state index contributed by atoms with van der Waals surface area (Å²) < 4.78 is 5.19. The maximum Gasteiger partial charge on any atom is 0.273 e. The summed E-state index contributed by atoms with van der Waals surface area (Å²) in [6, 6.07) is 5.19. The van der Waals surface area contributed by atoms with Gasteiger partial charge < -0.3 is 15.6 Å². The van der Waals surface area contributed by atoms with Gasteiger partial charge in [-0.15, -0.1) is 0 Å². The molecule has 0 aromatic carbocycles. The van der Waals surface area contributed by atoms with Gasteiger partial charge in [0.25, 0.3) is 5.91 Å². The molecule has 6 heteroatoms. The Morgan fingerprint density at radius 3 is 2.90 bits per heavy atom. The fourth-order valence-corrected chi connectivity index (χ4v) is 2.07. The van der Waals surface area contributed by atoms with Crippen molar-refractivity contribution in [2.45, 2.75) is 26.3 Å². The SMILES string of the molecule is CC(C)CC(CN)NC(=O)c1cc(-c2cccnc2)on1. The summed E-state index contributed by atoms with van der Waals surface area (Å²) in [5.41, 5.74) is 6.70. The topological polar surface area (TPSA) is 94.0 Å². The van der Waals surface area contributed by atoms with Crippen molar-refractivity contribution in [3.63, 3.8) is 0 Å². The number of amides is 1. The zero-order chi connectivity index (χ0) is 15.2. The minimum Gasteiger partial charge on any atom is -0.355 e. The highest BCUT2D eigenvalue weighted by Gasteiger charge is 2.17. The van der Waals surface area contributed by atoms with Gasteiger partial charge in [-0.25, -0.2) is 0 Å². The van der Waals surface area contributed by atoms with E-state index in [0.717, 1.165) is 12.0 Å². The molecule has 21 heavy (non-hydrogen) atoms. The van der Waals surface area contributed by atoms with Crippen molar-refractivity contribution in [3.05, 3.63) is 36.3 Å². The Bertz CT molecular complexity index is 580. The van der Waals surface area contributed by atoms with Crippen LogP contribution >= 0.6 is 0 Å². The minimum absolute atomic E-state index is 0.0592.